The summed E-state index contributed by atoms with van der Waals surface area (Å²) in [7, 11) is 2.26. The molecule has 3 aromatic rings. The normalized spacial score (nSPS) is 20.6. The Morgan fingerprint density at radius 2 is 1.23 bits per heavy atom. The molecule has 1 heterocycles. The summed E-state index contributed by atoms with van der Waals surface area (Å²) in [5.74, 6) is 2.27. The molecule has 3 aliphatic carbocycles. The summed E-state index contributed by atoms with van der Waals surface area (Å²) in [6.45, 7) is 2.43. The van der Waals surface area contributed by atoms with Gasteiger partial charge in [0.15, 0.2) is 6.20 Å². The lowest BCUT2D eigenvalue weighted by molar-refractivity contribution is -0.659. The summed E-state index contributed by atoms with van der Waals surface area (Å²) in [6, 6.07) is 15.0. The van der Waals surface area contributed by atoms with Crippen LogP contribution in [0.4, 0.5) is 0 Å². The van der Waals surface area contributed by atoms with Gasteiger partial charge in [-0.3, -0.25) is 0 Å². The minimum absolute atomic E-state index is 0.750. The molecule has 3 fully saturated rings. The summed E-state index contributed by atoms with van der Waals surface area (Å²) in [5.41, 5.74) is 9.32. The van der Waals surface area contributed by atoms with Crippen LogP contribution < -0.4 is 4.57 Å². The van der Waals surface area contributed by atoms with Crippen LogP contribution in [-0.4, -0.2) is 0 Å². The van der Waals surface area contributed by atoms with E-state index in [4.69, 9.17) is 0 Å². The molecule has 0 spiro atoms. The van der Waals surface area contributed by atoms with E-state index < -0.39 is 0 Å². The van der Waals surface area contributed by atoms with Crippen LogP contribution in [-0.2, 0) is 7.05 Å². The second kappa shape index (κ2) is 10.1. The van der Waals surface area contributed by atoms with Gasteiger partial charge in [0.1, 0.15) is 7.05 Å². The van der Waals surface area contributed by atoms with Crippen molar-refractivity contribution in [3.05, 3.63) is 64.8 Å². The van der Waals surface area contributed by atoms with Crippen molar-refractivity contribution in [1.82, 2.24) is 0 Å². The van der Waals surface area contributed by atoms with E-state index in [1.807, 2.05) is 0 Å². The maximum Gasteiger partial charge on any atom is 0.220 e. The Hall–Kier alpha value is -2.15. The third-order valence-corrected chi connectivity index (χ3v) is 9.83. The molecule has 0 amide bonds. The lowest BCUT2D eigenvalue weighted by Gasteiger charge is -2.28. The Labute approximate surface area is 213 Å². The smallest absolute Gasteiger partial charge is 0.200 e. The molecule has 0 N–H and O–H groups in total. The average molecular weight is 467 g/mol. The zero-order valence-electron chi connectivity index (χ0n) is 22.1. The van der Waals surface area contributed by atoms with Gasteiger partial charge in [-0.05, 0) is 103 Å². The fourth-order valence-electron chi connectivity index (χ4n) is 7.75. The van der Waals surface area contributed by atoms with E-state index in [1.165, 1.54) is 112 Å². The number of rotatable bonds is 4. The van der Waals surface area contributed by atoms with Crippen LogP contribution in [0.5, 0.6) is 0 Å². The SMILES string of the molecule is Cc1c(-c2c3ccc(C4CCCC4)cc3cc[n+]2C)cc(C2CCCCC2)cc1C1CCCCC1. The van der Waals surface area contributed by atoms with Crippen LogP contribution in [0.25, 0.3) is 22.0 Å². The molecule has 0 aliphatic heterocycles. The number of aryl methyl sites for hydroxylation is 1. The van der Waals surface area contributed by atoms with Crippen LogP contribution in [0.1, 0.15) is 130 Å². The van der Waals surface area contributed by atoms with Gasteiger partial charge in [0.2, 0.25) is 5.69 Å². The van der Waals surface area contributed by atoms with Crippen LogP contribution in [0.2, 0.25) is 0 Å². The molecule has 0 saturated heterocycles. The van der Waals surface area contributed by atoms with Crippen molar-refractivity contribution in [2.24, 2.45) is 7.05 Å². The van der Waals surface area contributed by atoms with Crippen LogP contribution >= 0.6 is 0 Å². The van der Waals surface area contributed by atoms with E-state index in [9.17, 15) is 0 Å². The Morgan fingerprint density at radius 1 is 0.629 bits per heavy atom. The monoisotopic (exact) mass is 466 g/mol. The summed E-state index contributed by atoms with van der Waals surface area (Å²) in [5, 5.41) is 2.85. The lowest BCUT2D eigenvalue weighted by Crippen LogP contribution is -2.31. The molecule has 0 bridgehead atoms. The molecule has 1 nitrogen and oxygen atoms in total. The molecule has 1 aromatic heterocycles. The molecule has 0 unspecified atom stereocenters. The summed E-state index contributed by atoms with van der Waals surface area (Å²) in [6.07, 6.45) is 21.8. The molecule has 6 rings (SSSR count). The second-order valence-corrected chi connectivity index (χ2v) is 12.1. The van der Waals surface area contributed by atoms with Gasteiger partial charge in [0, 0.05) is 6.07 Å². The molecule has 0 radical (unpaired) electrons. The number of benzene rings is 2. The zero-order valence-corrected chi connectivity index (χ0v) is 22.1. The highest BCUT2D eigenvalue weighted by Gasteiger charge is 2.27. The number of fused-ring (bicyclic) bond motifs is 1. The van der Waals surface area contributed by atoms with E-state index in [0.29, 0.717) is 0 Å². The molecule has 1 heteroatoms. The number of pyridine rings is 1. The first-order valence-electron chi connectivity index (χ1n) is 14.8. The molecule has 2 aromatic carbocycles. The minimum atomic E-state index is 0.750. The molecule has 0 atom stereocenters. The molecule has 184 valence electrons. The molecule has 3 aliphatic rings. The summed E-state index contributed by atoms with van der Waals surface area (Å²) in [4.78, 5) is 0. The minimum Gasteiger partial charge on any atom is -0.200 e. The highest BCUT2D eigenvalue weighted by atomic mass is 14.9. The van der Waals surface area contributed by atoms with Crippen molar-refractivity contribution in [1.29, 1.82) is 0 Å². The van der Waals surface area contributed by atoms with Gasteiger partial charge in [0.25, 0.3) is 0 Å². The van der Waals surface area contributed by atoms with Gasteiger partial charge < -0.3 is 0 Å². The van der Waals surface area contributed by atoms with Crippen molar-refractivity contribution in [3.63, 3.8) is 0 Å². The van der Waals surface area contributed by atoms with Crippen LogP contribution in [0.15, 0.2) is 42.6 Å². The Morgan fingerprint density at radius 3 is 1.91 bits per heavy atom. The second-order valence-electron chi connectivity index (χ2n) is 12.1. The molecule has 35 heavy (non-hydrogen) atoms. The Kier molecular flexibility index (Phi) is 6.70. The fourth-order valence-corrected chi connectivity index (χ4v) is 7.75. The van der Waals surface area contributed by atoms with Gasteiger partial charge in [-0.2, -0.15) is 0 Å². The van der Waals surface area contributed by atoms with Gasteiger partial charge in [0.05, 0.1) is 10.9 Å². The third kappa shape index (κ3) is 4.56. The Balaban J connectivity index is 1.50. The van der Waals surface area contributed by atoms with Crippen molar-refractivity contribution in [3.8, 4) is 11.3 Å². The van der Waals surface area contributed by atoms with E-state index in [0.717, 1.165) is 17.8 Å². The Bertz CT molecular complexity index is 1190. The van der Waals surface area contributed by atoms with Crippen molar-refractivity contribution in [2.45, 2.75) is 115 Å². The topological polar surface area (TPSA) is 3.88 Å². The largest absolute Gasteiger partial charge is 0.220 e. The third-order valence-electron chi connectivity index (χ3n) is 9.83. The zero-order chi connectivity index (χ0) is 23.8. The van der Waals surface area contributed by atoms with Crippen LogP contribution in [0, 0.1) is 6.92 Å². The summed E-state index contributed by atoms with van der Waals surface area (Å²) >= 11 is 0. The first kappa shape index (κ1) is 23.3. The van der Waals surface area contributed by atoms with E-state index in [1.54, 1.807) is 22.3 Å². The van der Waals surface area contributed by atoms with Crippen molar-refractivity contribution < 1.29 is 4.57 Å². The highest BCUT2D eigenvalue weighted by molar-refractivity contribution is 5.94. The summed E-state index contributed by atoms with van der Waals surface area (Å²) < 4.78 is 2.40. The van der Waals surface area contributed by atoms with E-state index >= 15 is 0 Å². The van der Waals surface area contributed by atoms with Crippen LogP contribution in [0.3, 0.4) is 0 Å². The first-order chi connectivity index (χ1) is 17.2. The number of aromatic nitrogens is 1. The quantitative estimate of drug-likeness (QED) is 0.337. The number of nitrogens with zero attached hydrogens (tertiary/aromatic N) is 1. The standard InChI is InChI=1S/C34H44N/c1-24-32(27-15-7-4-8-16-27)22-30(26-11-5-3-6-12-26)23-33(24)34-31-18-17-28(25-13-9-10-14-25)21-29(31)19-20-35(34)2/h17-23,25-27H,3-16H2,1-2H3/q+1. The first-order valence-corrected chi connectivity index (χ1v) is 14.8. The predicted molar refractivity (Wildman–Crippen MR) is 148 cm³/mol. The average Bonchev–Trinajstić information content (AvgIpc) is 3.45. The van der Waals surface area contributed by atoms with Gasteiger partial charge in [-0.15, -0.1) is 0 Å². The van der Waals surface area contributed by atoms with Gasteiger partial charge in [-0.1, -0.05) is 69.6 Å². The maximum absolute atomic E-state index is 2.66. The molecular weight excluding hydrogens is 422 g/mol. The highest BCUT2D eigenvalue weighted by Crippen LogP contribution is 2.43. The number of hydrogen-bond acceptors (Lipinski definition) is 0. The molecular formula is C34H44N+. The maximum atomic E-state index is 2.66. The lowest BCUT2D eigenvalue weighted by atomic mass is 9.76. The fraction of sp³-hybridized carbons (Fsp3) is 0.559. The molecule has 3 saturated carbocycles. The van der Waals surface area contributed by atoms with Gasteiger partial charge in [-0.25, -0.2) is 4.57 Å². The van der Waals surface area contributed by atoms with Gasteiger partial charge >= 0.3 is 0 Å². The van der Waals surface area contributed by atoms with E-state index in [2.05, 4.69) is 61.1 Å². The van der Waals surface area contributed by atoms with Crippen molar-refractivity contribution >= 4 is 10.8 Å². The van der Waals surface area contributed by atoms with E-state index in [-0.39, 0.29) is 0 Å². The predicted octanol–water partition coefficient (Wildman–Crippen LogP) is 9.39. The number of hydrogen-bond donors (Lipinski definition) is 0. The van der Waals surface area contributed by atoms with Crippen molar-refractivity contribution in [2.75, 3.05) is 0 Å².